The molecule has 2 bridgehead atoms. The molecule has 2 unspecified atom stereocenters. The number of Topliss-reactive ketones (excluding diaryl/α,β-unsaturated/α-hetero) is 1. The number of hydrogen-bond acceptors (Lipinski definition) is 4. The van der Waals surface area contributed by atoms with E-state index in [9.17, 15) is 22.8 Å². The quantitative estimate of drug-likeness (QED) is 0.388. The second kappa shape index (κ2) is 10.2. The Bertz CT molecular complexity index is 1330. The third-order valence-electron chi connectivity index (χ3n) is 8.18. The number of hydrogen-bond donors (Lipinski definition) is 0. The highest BCUT2D eigenvalue weighted by Gasteiger charge is 2.44. The summed E-state index contributed by atoms with van der Waals surface area (Å²) in [6.45, 7) is 0.870. The maximum absolute atomic E-state index is 13.3. The Morgan fingerprint density at radius 3 is 1.97 bits per heavy atom. The molecule has 0 radical (unpaired) electrons. The topological polar surface area (TPSA) is 55.8 Å². The molecule has 5 nitrogen and oxygen atoms in total. The highest BCUT2D eigenvalue weighted by molar-refractivity contribution is 5.84. The van der Waals surface area contributed by atoms with Crippen molar-refractivity contribution in [1.29, 1.82) is 0 Å². The average Bonchev–Trinajstić information content (AvgIpc) is 3.24. The van der Waals surface area contributed by atoms with Crippen LogP contribution in [0.3, 0.4) is 0 Å². The van der Waals surface area contributed by atoms with E-state index in [1.54, 1.807) is 4.90 Å². The maximum atomic E-state index is 13.3. The highest BCUT2D eigenvalue weighted by atomic mass is 19.4. The number of piperidine rings is 1. The number of ketones is 1. The molecule has 3 aliphatic rings. The van der Waals surface area contributed by atoms with E-state index in [4.69, 9.17) is 9.47 Å². The van der Waals surface area contributed by atoms with Crippen molar-refractivity contribution >= 4 is 11.9 Å². The number of benzene rings is 3. The molecule has 3 aromatic carbocycles. The average molecular weight is 536 g/mol. The van der Waals surface area contributed by atoms with Gasteiger partial charge in [-0.25, -0.2) is 4.79 Å². The summed E-state index contributed by atoms with van der Waals surface area (Å²) in [5.74, 6) is -0.358. The van der Waals surface area contributed by atoms with Crippen molar-refractivity contribution in [2.45, 2.75) is 43.4 Å². The van der Waals surface area contributed by atoms with Crippen molar-refractivity contribution < 1.29 is 32.2 Å². The first kappa shape index (κ1) is 25.6. The number of rotatable bonds is 5. The molecule has 2 atom stereocenters. The summed E-state index contributed by atoms with van der Waals surface area (Å²) in [4.78, 5) is 28.2. The van der Waals surface area contributed by atoms with E-state index >= 15 is 0 Å². The fourth-order valence-corrected chi connectivity index (χ4v) is 6.30. The summed E-state index contributed by atoms with van der Waals surface area (Å²) in [7, 11) is 0. The second-order valence-corrected chi connectivity index (χ2v) is 10.6. The number of ether oxygens (including phenoxy) is 2. The molecular formula is C31H28F3NO4. The van der Waals surface area contributed by atoms with Crippen LogP contribution in [-0.4, -0.2) is 48.7 Å². The van der Waals surface area contributed by atoms with Gasteiger partial charge in [-0.15, -0.1) is 0 Å². The summed E-state index contributed by atoms with van der Waals surface area (Å²) in [5.41, 5.74) is 4.42. The van der Waals surface area contributed by atoms with Gasteiger partial charge in [0.25, 0.3) is 0 Å². The van der Waals surface area contributed by atoms with E-state index in [0.29, 0.717) is 31.6 Å². The van der Waals surface area contributed by atoms with E-state index in [2.05, 4.69) is 24.3 Å². The van der Waals surface area contributed by atoms with Crippen LogP contribution >= 0.6 is 0 Å². The van der Waals surface area contributed by atoms with Crippen LogP contribution in [0.5, 0.6) is 0 Å². The van der Waals surface area contributed by atoms with Gasteiger partial charge in [0.2, 0.25) is 0 Å². The molecule has 1 amide bonds. The van der Waals surface area contributed by atoms with Crippen molar-refractivity contribution in [3.8, 4) is 11.1 Å². The minimum absolute atomic E-state index is 0.0288. The molecule has 2 aliphatic heterocycles. The normalized spacial score (nSPS) is 22.2. The van der Waals surface area contributed by atoms with Crippen LogP contribution in [0.1, 0.15) is 41.0 Å². The summed E-state index contributed by atoms with van der Waals surface area (Å²) < 4.78 is 50.2. The Kier molecular flexibility index (Phi) is 6.67. The summed E-state index contributed by atoms with van der Waals surface area (Å²) in [6, 6.07) is 20.5. The number of alkyl halides is 3. The van der Waals surface area contributed by atoms with Gasteiger partial charge in [-0.2, -0.15) is 13.2 Å². The van der Waals surface area contributed by atoms with Crippen LogP contribution in [0.15, 0.2) is 72.8 Å². The Morgan fingerprint density at radius 1 is 0.846 bits per heavy atom. The van der Waals surface area contributed by atoms with Crippen molar-refractivity contribution in [3.63, 3.8) is 0 Å². The lowest BCUT2D eigenvalue weighted by Crippen LogP contribution is -2.60. The van der Waals surface area contributed by atoms with Crippen molar-refractivity contribution in [2.75, 3.05) is 19.8 Å². The molecule has 0 spiro atoms. The Hall–Kier alpha value is -3.65. The number of halogens is 3. The zero-order chi connectivity index (χ0) is 27.1. The summed E-state index contributed by atoms with van der Waals surface area (Å²) in [6.07, 6.45) is -3.86. The second-order valence-electron chi connectivity index (χ2n) is 10.6. The number of nitrogens with zero attached hydrogens (tertiary/aromatic N) is 1. The number of fused-ring (bicyclic) bond motifs is 5. The van der Waals surface area contributed by atoms with E-state index < -0.39 is 17.8 Å². The molecule has 0 aromatic heterocycles. The van der Waals surface area contributed by atoms with Gasteiger partial charge in [0, 0.05) is 18.3 Å². The SMILES string of the molecule is O=C(Cc1ccc(C(F)(F)F)cc1)C1CC2COCC(C1)N2C(=O)OCC1c2ccccc2-c2ccccc21. The number of carbonyl (C=O) groups is 2. The Morgan fingerprint density at radius 2 is 1.41 bits per heavy atom. The first-order chi connectivity index (χ1) is 18.8. The zero-order valence-electron chi connectivity index (χ0n) is 21.2. The van der Waals surface area contributed by atoms with E-state index in [0.717, 1.165) is 34.4 Å². The van der Waals surface area contributed by atoms with Crippen molar-refractivity contribution in [3.05, 3.63) is 95.1 Å². The van der Waals surface area contributed by atoms with E-state index in [1.807, 2.05) is 24.3 Å². The largest absolute Gasteiger partial charge is 0.448 e. The smallest absolute Gasteiger partial charge is 0.416 e. The van der Waals surface area contributed by atoms with Crippen molar-refractivity contribution in [2.24, 2.45) is 5.92 Å². The maximum Gasteiger partial charge on any atom is 0.416 e. The highest BCUT2D eigenvalue weighted by Crippen LogP contribution is 2.45. The third-order valence-corrected chi connectivity index (χ3v) is 8.18. The molecule has 3 aromatic rings. The molecule has 2 heterocycles. The minimum Gasteiger partial charge on any atom is -0.448 e. The Balaban J connectivity index is 1.10. The lowest BCUT2D eigenvalue weighted by molar-refractivity contribution is -0.137. The summed E-state index contributed by atoms with van der Waals surface area (Å²) in [5, 5.41) is 0. The van der Waals surface area contributed by atoms with Crippen LogP contribution in [0.2, 0.25) is 0 Å². The van der Waals surface area contributed by atoms with E-state index in [1.165, 1.54) is 12.1 Å². The fraction of sp³-hybridized carbons (Fsp3) is 0.355. The Labute approximate surface area is 224 Å². The molecule has 39 heavy (non-hydrogen) atoms. The van der Waals surface area contributed by atoms with Crippen LogP contribution in [0.25, 0.3) is 11.1 Å². The van der Waals surface area contributed by atoms with Crippen LogP contribution in [-0.2, 0) is 26.9 Å². The molecule has 2 fully saturated rings. The summed E-state index contributed by atoms with van der Waals surface area (Å²) >= 11 is 0. The number of amides is 1. The van der Waals surface area contributed by atoms with Crippen LogP contribution in [0, 0.1) is 5.92 Å². The van der Waals surface area contributed by atoms with Gasteiger partial charge in [-0.05, 0) is 52.8 Å². The molecule has 0 saturated carbocycles. The molecular weight excluding hydrogens is 507 g/mol. The van der Waals surface area contributed by atoms with Crippen LogP contribution < -0.4 is 0 Å². The standard InChI is InChI=1S/C31H28F3NO4/c32-31(33,34)21-11-9-19(10-12-21)13-29(36)20-14-22-16-38-17-23(15-20)35(22)30(37)39-18-28-26-7-3-1-5-24(26)25-6-2-4-8-27(25)28/h1-12,20,22-23,28H,13-18H2. The predicted octanol–water partition coefficient (Wildman–Crippen LogP) is 6.25. The number of morpholine rings is 1. The molecule has 1 aliphatic carbocycles. The molecule has 202 valence electrons. The molecule has 8 heteroatoms. The molecule has 6 rings (SSSR count). The van der Waals surface area contributed by atoms with Crippen molar-refractivity contribution in [1.82, 2.24) is 4.90 Å². The minimum atomic E-state index is -4.41. The van der Waals surface area contributed by atoms with E-state index in [-0.39, 0.29) is 42.7 Å². The zero-order valence-corrected chi connectivity index (χ0v) is 21.2. The van der Waals surface area contributed by atoms with Gasteiger partial charge in [0.15, 0.2) is 0 Å². The molecule has 2 saturated heterocycles. The van der Waals surface area contributed by atoms with Gasteiger partial charge >= 0.3 is 12.3 Å². The predicted molar refractivity (Wildman–Crippen MR) is 138 cm³/mol. The molecule has 0 N–H and O–H groups in total. The van der Waals surface area contributed by atoms with Gasteiger partial charge in [0.05, 0.1) is 30.9 Å². The lowest BCUT2D eigenvalue weighted by atomic mass is 9.81. The first-order valence-electron chi connectivity index (χ1n) is 13.2. The van der Waals surface area contributed by atoms with Gasteiger partial charge in [-0.3, -0.25) is 9.69 Å². The van der Waals surface area contributed by atoms with Gasteiger partial charge < -0.3 is 9.47 Å². The third kappa shape index (κ3) is 4.93. The monoisotopic (exact) mass is 535 g/mol. The number of carbonyl (C=O) groups excluding carboxylic acids is 2. The van der Waals surface area contributed by atoms with Gasteiger partial charge in [-0.1, -0.05) is 60.7 Å². The van der Waals surface area contributed by atoms with Gasteiger partial charge in [0.1, 0.15) is 12.4 Å². The lowest BCUT2D eigenvalue weighted by Gasteiger charge is -2.47. The first-order valence-corrected chi connectivity index (χ1v) is 13.2. The fourth-order valence-electron chi connectivity index (χ4n) is 6.30. The van der Waals surface area contributed by atoms with Crippen LogP contribution in [0.4, 0.5) is 18.0 Å².